The summed E-state index contributed by atoms with van der Waals surface area (Å²) in [4.78, 5) is 15.0. The number of methoxy groups -OCH3 is 1. The average Bonchev–Trinajstić information content (AvgIpc) is 3.28. The number of carbonyl (C=O) groups excluding carboxylic acids is 1. The first kappa shape index (κ1) is 18.0. The molecule has 0 unspecified atom stereocenters. The molecule has 0 radical (unpaired) electrons. The number of nitrogens with one attached hydrogen (secondary N) is 1. The van der Waals surface area contributed by atoms with Crippen molar-refractivity contribution in [2.75, 3.05) is 20.2 Å². The molecule has 2 atom stereocenters. The lowest BCUT2D eigenvalue weighted by Gasteiger charge is -2.24. The molecule has 2 fully saturated rings. The fraction of sp³-hybridized carbons (Fsp3) is 0.524. The molecule has 1 saturated carbocycles. The molecule has 1 N–H and O–H groups in total. The van der Waals surface area contributed by atoms with Crippen LogP contribution in [0.1, 0.15) is 66.4 Å². The quantitative estimate of drug-likeness (QED) is 0.809. The van der Waals surface area contributed by atoms with E-state index in [1.54, 1.807) is 13.2 Å². The topological polar surface area (TPSA) is 67.6 Å². The Morgan fingerprint density at radius 1 is 1.33 bits per heavy atom. The third-order valence-electron chi connectivity index (χ3n) is 5.49. The molecule has 1 aliphatic heterocycles. The number of carbonyl (C=O) groups is 1. The monoisotopic (exact) mass is 369 g/mol. The normalized spacial score (nSPS) is 22.7. The maximum Gasteiger partial charge on any atom is 0.273 e. The zero-order valence-corrected chi connectivity index (χ0v) is 16.0. The molecule has 0 bridgehead atoms. The van der Waals surface area contributed by atoms with Crippen molar-refractivity contribution in [3.8, 4) is 5.75 Å². The van der Waals surface area contributed by atoms with E-state index >= 15 is 0 Å². The van der Waals surface area contributed by atoms with Gasteiger partial charge in [0.05, 0.1) is 7.11 Å². The van der Waals surface area contributed by atoms with E-state index < -0.39 is 0 Å². The molecule has 6 nitrogen and oxygen atoms in total. The number of rotatable bonds is 7. The molecule has 2 aromatic rings. The molecule has 2 heterocycles. The predicted octanol–water partition coefficient (Wildman–Crippen LogP) is 3.52. The fourth-order valence-corrected chi connectivity index (χ4v) is 3.93. The van der Waals surface area contributed by atoms with Gasteiger partial charge >= 0.3 is 0 Å². The van der Waals surface area contributed by atoms with Crippen LogP contribution in [0.25, 0.3) is 0 Å². The van der Waals surface area contributed by atoms with Crippen LogP contribution >= 0.6 is 0 Å². The molecule has 1 aromatic carbocycles. The first-order valence-electron chi connectivity index (χ1n) is 9.83. The molecule has 1 saturated heterocycles. The van der Waals surface area contributed by atoms with Crippen LogP contribution < -0.4 is 10.1 Å². The van der Waals surface area contributed by atoms with Crippen molar-refractivity contribution in [3.05, 3.63) is 47.3 Å². The number of ether oxygens (including phenoxy) is 1. The molecule has 144 valence electrons. The van der Waals surface area contributed by atoms with Gasteiger partial charge in [0.2, 0.25) is 0 Å². The number of hydrogen-bond acceptors (Lipinski definition) is 5. The number of benzene rings is 1. The SMILES string of the molecule is CCCN1C[C@H](NC(=O)c2cc(C3CC3)on2)C[C@H]1c1ccc(OC)cc1. The molecule has 27 heavy (non-hydrogen) atoms. The summed E-state index contributed by atoms with van der Waals surface area (Å²) in [6.45, 7) is 4.05. The van der Waals surface area contributed by atoms with Crippen molar-refractivity contribution in [3.63, 3.8) is 0 Å². The molecule has 1 aromatic heterocycles. The van der Waals surface area contributed by atoms with Gasteiger partial charge in [0.1, 0.15) is 11.5 Å². The van der Waals surface area contributed by atoms with Crippen molar-refractivity contribution in [2.24, 2.45) is 0 Å². The van der Waals surface area contributed by atoms with Crippen molar-refractivity contribution in [2.45, 2.75) is 50.6 Å². The van der Waals surface area contributed by atoms with Crippen LogP contribution in [0.3, 0.4) is 0 Å². The minimum Gasteiger partial charge on any atom is -0.497 e. The second kappa shape index (κ2) is 7.72. The second-order valence-electron chi connectivity index (χ2n) is 7.58. The van der Waals surface area contributed by atoms with E-state index in [1.165, 1.54) is 5.56 Å². The van der Waals surface area contributed by atoms with Gasteiger partial charge in [-0.2, -0.15) is 0 Å². The van der Waals surface area contributed by atoms with E-state index in [1.807, 2.05) is 12.1 Å². The molecule has 1 amide bonds. The minimum absolute atomic E-state index is 0.109. The minimum atomic E-state index is -0.137. The van der Waals surface area contributed by atoms with Crippen LogP contribution in [0.4, 0.5) is 0 Å². The van der Waals surface area contributed by atoms with Crippen LogP contribution in [0, 0.1) is 0 Å². The van der Waals surface area contributed by atoms with Gasteiger partial charge in [0.15, 0.2) is 5.69 Å². The van der Waals surface area contributed by atoms with Crippen LogP contribution in [0.2, 0.25) is 0 Å². The smallest absolute Gasteiger partial charge is 0.273 e. The third-order valence-corrected chi connectivity index (χ3v) is 5.49. The maximum absolute atomic E-state index is 12.6. The van der Waals surface area contributed by atoms with Crippen LogP contribution in [0.15, 0.2) is 34.9 Å². The summed E-state index contributed by atoms with van der Waals surface area (Å²) in [5.74, 6) is 2.03. The molecular formula is C21H27N3O3. The molecular weight excluding hydrogens is 342 g/mol. The molecule has 1 aliphatic carbocycles. The maximum atomic E-state index is 12.6. The Balaban J connectivity index is 1.42. The lowest BCUT2D eigenvalue weighted by Crippen LogP contribution is -2.37. The lowest BCUT2D eigenvalue weighted by atomic mass is 10.0. The summed E-state index contributed by atoms with van der Waals surface area (Å²) < 4.78 is 10.6. The third kappa shape index (κ3) is 4.00. The highest BCUT2D eigenvalue weighted by atomic mass is 16.5. The lowest BCUT2D eigenvalue weighted by molar-refractivity contribution is 0.0928. The Morgan fingerprint density at radius 3 is 2.78 bits per heavy atom. The highest BCUT2D eigenvalue weighted by Gasteiger charge is 2.34. The van der Waals surface area contributed by atoms with E-state index in [0.29, 0.717) is 17.7 Å². The summed E-state index contributed by atoms with van der Waals surface area (Å²) >= 11 is 0. The summed E-state index contributed by atoms with van der Waals surface area (Å²) in [6.07, 6.45) is 4.25. The van der Waals surface area contributed by atoms with E-state index in [2.05, 4.69) is 34.4 Å². The zero-order valence-electron chi connectivity index (χ0n) is 16.0. The number of aromatic nitrogens is 1. The average molecular weight is 369 g/mol. The number of nitrogens with zero attached hydrogens (tertiary/aromatic N) is 2. The van der Waals surface area contributed by atoms with Crippen molar-refractivity contribution >= 4 is 5.91 Å². The van der Waals surface area contributed by atoms with Gasteiger partial charge in [0, 0.05) is 30.6 Å². The van der Waals surface area contributed by atoms with E-state index in [0.717, 1.165) is 50.3 Å². The summed E-state index contributed by atoms with van der Waals surface area (Å²) in [5.41, 5.74) is 1.66. The van der Waals surface area contributed by atoms with Gasteiger partial charge in [-0.25, -0.2) is 0 Å². The standard InChI is InChI=1S/C21H27N3O3/c1-3-10-24-13-16(11-19(24)14-6-8-17(26-2)9-7-14)22-21(25)18-12-20(27-23-18)15-4-5-15/h6-9,12,15-16,19H,3-5,10-11,13H2,1-2H3,(H,22,25)/t16-,19+/m1/s1. The molecule has 2 aliphatic rings. The Hall–Kier alpha value is -2.34. The van der Waals surface area contributed by atoms with E-state index in [9.17, 15) is 4.79 Å². The predicted molar refractivity (Wildman–Crippen MR) is 102 cm³/mol. The Kier molecular flexibility index (Phi) is 5.16. The fourth-order valence-electron chi connectivity index (χ4n) is 3.93. The molecule has 4 rings (SSSR count). The molecule has 6 heteroatoms. The molecule has 0 spiro atoms. The van der Waals surface area contributed by atoms with Crippen LogP contribution in [-0.4, -0.2) is 42.2 Å². The summed E-state index contributed by atoms with van der Waals surface area (Å²) in [6, 6.07) is 10.5. The second-order valence-corrected chi connectivity index (χ2v) is 7.58. The van der Waals surface area contributed by atoms with Crippen molar-refractivity contribution < 1.29 is 14.1 Å². The largest absolute Gasteiger partial charge is 0.497 e. The number of amides is 1. The van der Waals surface area contributed by atoms with Gasteiger partial charge in [-0.15, -0.1) is 0 Å². The highest BCUT2D eigenvalue weighted by molar-refractivity contribution is 5.92. The van der Waals surface area contributed by atoms with Gasteiger partial charge in [-0.1, -0.05) is 24.2 Å². The van der Waals surface area contributed by atoms with E-state index in [-0.39, 0.29) is 11.9 Å². The Morgan fingerprint density at radius 2 is 2.11 bits per heavy atom. The van der Waals surface area contributed by atoms with Crippen molar-refractivity contribution in [1.29, 1.82) is 0 Å². The Labute approximate surface area is 159 Å². The summed E-state index contributed by atoms with van der Waals surface area (Å²) in [7, 11) is 1.68. The number of likely N-dealkylation sites (tertiary alicyclic amines) is 1. The van der Waals surface area contributed by atoms with Gasteiger partial charge in [-0.3, -0.25) is 9.69 Å². The number of hydrogen-bond donors (Lipinski definition) is 1. The van der Waals surface area contributed by atoms with Crippen LogP contribution in [0.5, 0.6) is 5.75 Å². The van der Waals surface area contributed by atoms with Crippen molar-refractivity contribution in [1.82, 2.24) is 15.4 Å². The first-order valence-corrected chi connectivity index (χ1v) is 9.83. The van der Waals surface area contributed by atoms with E-state index in [4.69, 9.17) is 9.26 Å². The van der Waals surface area contributed by atoms with Gasteiger partial charge in [-0.05, 0) is 49.9 Å². The van der Waals surface area contributed by atoms with Gasteiger partial charge < -0.3 is 14.6 Å². The zero-order chi connectivity index (χ0) is 18.8. The Bertz CT molecular complexity index is 782. The highest BCUT2D eigenvalue weighted by Crippen LogP contribution is 2.40. The van der Waals surface area contributed by atoms with Gasteiger partial charge in [0.25, 0.3) is 5.91 Å². The summed E-state index contributed by atoms with van der Waals surface area (Å²) in [5, 5.41) is 7.11. The first-order chi connectivity index (χ1) is 13.2. The van der Waals surface area contributed by atoms with Crippen LogP contribution in [-0.2, 0) is 0 Å².